The summed E-state index contributed by atoms with van der Waals surface area (Å²) in [6.45, 7) is 5.21. The van der Waals surface area contributed by atoms with E-state index in [1.54, 1.807) is 46.0 Å². The highest BCUT2D eigenvalue weighted by atomic mass is 16.6. The van der Waals surface area contributed by atoms with Crippen molar-refractivity contribution >= 4 is 17.9 Å². The molecule has 0 aliphatic carbocycles. The molecule has 1 aromatic carbocycles. The maximum Gasteiger partial charge on any atom is 0.415 e. The quantitative estimate of drug-likeness (QED) is 0.868. The molecule has 0 fully saturated rings. The van der Waals surface area contributed by atoms with E-state index in [9.17, 15) is 9.59 Å². The second kappa shape index (κ2) is 7.93. The number of carbonyl (C=O) groups is 2. The molecule has 0 aliphatic rings. The lowest BCUT2D eigenvalue weighted by Gasteiger charge is -2.20. The van der Waals surface area contributed by atoms with Crippen molar-refractivity contribution in [2.75, 3.05) is 12.4 Å². The third-order valence-corrected chi connectivity index (χ3v) is 2.74. The van der Waals surface area contributed by atoms with Crippen molar-refractivity contribution in [2.45, 2.75) is 32.9 Å². The maximum absolute atomic E-state index is 11.9. The normalized spacial score (nSPS) is 11.3. The molecule has 0 aliphatic heterocycles. The van der Waals surface area contributed by atoms with Gasteiger partial charge in [0.15, 0.2) is 0 Å². The topological polar surface area (TPSA) is 67.9 Å². The third kappa shape index (κ3) is 5.37. The van der Waals surface area contributed by atoms with Crippen molar-refractivity contribution in [2.24, 2.45) is 0 Å². The van der Waals surface area contributed by atoms with Gasteiger partial charge in [0.1, 0.15) is 5.75 Å². The lowest BCUT2D eigenvalue weighted by atomic mass is 10.3. The van der Waals surface area contributed by atoms with E-state index in [2.05, 4.69) is 11.2 Å². The van der Waals surface area contributed by atoms with Crippen LogP contribution in [-0.4, -0.2) is 36.3 Å². The molecule has 1 rings (SSSR count). The predicted molar refractivity (Wildman–Crippen MR) is 83.8 cm³/mol. The highest BCUT2D eigenvalue weighted by Gasteiger charge is 2.16. The SMILES string of the molecule is C#CC(C)N(C)C(=O)Oc1cccc(NC(=O)OC(C)C)c1. The van der Waals surface area contributed by atoms with E-state index >= 15 is 0 Å². The van der Waals surface area contributed by atoms with E-state index in [0.717, 1.165) is 0 Å². The Labute approximate surface area is 130 Å². The van der Waals surface area contributed by atoms with Crippen LogP contribution < -0.4 is 10.1 Å². The van der Waals surface area contributed by atoms with Crippen LogP contribution in [0.2, 0.25) is 0 Å². The molecular weight excluding hydrogens is 284 g/mol. The molecule has 0 saturated heterocycles. The summed E-state index contributed by atoms with van der Waals surface area (Å²) >= 11 is 0. The second-order valence-electron chi connectivity index (χ2n) is 4.93. The number of amides is 2. The number of rotatable bonds is 4. The van der Waals surface area contributed by atoms with Gasteiger partial charge in [-0.2, -0.15) is 0 Å². The van der Waals surface area contributed by atoms with Crippen molar-refractivity contribution in [3.8, 4) is 18.1 Å². The van der Waals surface area contributed by atoms with E-state index < -0.39 is 12.2 Å². The zero-order valence-corrected chi connectivity index (χ0v) is 13.1. The number of carbonyl (C=O) groups excluding carboxylic acids is 2. The van der Waals surface area contributed by atoms with Crippen LogP contribution >= 0.6 is 0 Å². The van der Waals surface area contributed by atoms with Crippen molar-refractivity contribution in [3.05, 3.63) is 24.3 Å². The van der Waals surface area contributed by atoms with Crippen molar-refractivity contribution in [1.29, 1.82) is 0 Å². The highest BCUT2D eigenvalue weighted by Crippen LogP contribution is 2.18. The van der Waals surface area contributed by atoms with Crippen LogP contribution in [0.25, 0.3) is 0 Å². The molecule has 0 aromatic heterocycles. The molecule has 0 radical (unpaired) electrons. The summed E-state index contributed by atoms with van der Waals surface area (Å²) in [6, 6.07) is 6.05. The molecule has 22 heavy (non-hydrogen) atoms. The first-order valence-electron chi connectivity index (χ1n) is 6.82. The van der Waals surface area contributed by atoms with Gasteiger partial charge in [-0.1, -0.05) is 12.0 Å². The zero-order chi connectivity index (χ0) is 16.7. The fourth-order valence-electron chi connectivity index (χ4n) is 1.44. The minimum atomic E-state index is -0.577. The van der Waals surface area contributed by atoms with Gasteiger partial charge in [-0.25, -0.2) is 9.59 Å². The van der Waals surface area contributed by atoms with Crippen LogP contribution in [-0.2, 0) is 4.74 Å². The number of benzene rings is 1. The van der Waals surface area contributed by atoms with Gasteiger partial charge in [0.2, 0.25) is 0 Å². The summed E-state index contributed by atoms with van der Waals surface area (Å²) in [5, 5.41) is 2.55. The number of nitrogens with one attached hydrogen (secondary N) is 1. The summed E-state index contributed by atoms with van der Waals surface area (Å²) in [4.78, 5) is 24.7. The minimum Gasteiger partial charge on any atom is -0.447 e. The second-order valence-corrected chi connectivity index (χ2v) is 4.93. The van der Waals surface area contributed by atoms with Crippen molar-refractivity contribution in [3.63, 3.8) is 0 Å². The molecule has 0 saturated carbocycles. The number of hydrogen-bond acceptors (Lipinski definition) is 4. The Morgan fingerprint density at radius 3 is 2.59 bits per heavy atom. The molecule has 0 heterocycles. The highest BCUT2D eigenvalue weighted by molar-refractivity contribution is 5.85. The monoisotopic (exact) mass is 304 g/mol. The number of hydrogen-bond donors (Lipinski definition) is 1. The largest absolute Gasteiger partial charge is 0.447 e. The van der Waals surface area contributed by atoms with Crippen LogP contribution in [0.15, 0.2) is 24.3 Å². The first-order chi connectivity index (χ1) is 10.3. The van der Waals surface area contributed by atoms with Crippen LogP contribution in [0.5, 0.6) is 5.75 Å². The van der Waals surface area contributed by atoms with E-state index in [-0.39, 0.29) is 12.1 Å². The molecule has 1 N–H and O–H groups in total. The van der Waals surface area contributed by atoms with Crippen LogP contribution in [0.3, 0.4) is 0 Å². The van der Waals surface area contributed by atoms with Crippen LogP contribution in [0.1, 0.15) is 20.8 Å². The Bertz CT molecular complexity index is 578. The average molecular weight is 304 g/mol. The van der Waals surface area contributed by atoms with Gasteiger partial charge in [0.25, 0.3) is 0 Å². The van der Waals surface area contributed by atoms with Gasteiger partial charge in [-0.3, -0.25) is 10.2 Å². The Morgan fingerprint density at radius 1 is 1.32 bits per heavy atom. The van der Waals surface area contributed by atoms with Gasteiger partial charge < -0.3 is 9.47 Å². The average Bonchev–Trinajstić information content (AvgIpc) is 2.44. The first kappa shape index (κ1) is 17.4. The van der Waals surface area contributed by atoms with E-state index in [4.69, 9.17) is 15.9 Å². The lowest BCUT2D eigenvalue weighted by molar-refractivity contribution is 0.130. The Morgan fingerprint density at radius 2 is 2.00 bits per heavy atom. The van der Waals surface area contributed by atoms with Crippen molar-refractivity contribution in [1.82, 2.24) is 4.90 Å². The molecule has 6 nitrogen and oxygen atoms in total. The fourth-order valence-corrected chi connectivity index (χ4v) is 1.44. The molecule has 1 atom stereocenters. The van der Waals surface area contributed by atoms with E-state index in [1.807, 2.05) is 0 Å². The minimum absolute atomic E-state index is 0.222. The summed E-state index contributed by atoms with van der Waals surface area (Å²) in [7, 11) is 1.55. The summed E-state index contributed by atoms with van der Waals surface area (Å²) in [5.74, 6) is 2.73. The zero-order valence-electron chi connectivity index (χ0n) is 13.1. The summed E-state index contributed by atoms with van der Waals surface area (Å²) in [5.41, 5.74) is 0.462. The third-order valence-electron chi connectivity index (χ3n) is 2.74. The lowest BCUT2D eigenvalue weighted by Crippen LogP contribution is -2.36. The van der Waals surface area contributed by atoms with Gasteiger partial charge in [0.05, 0.1) is 12.1 Å². The number of anilines is 1. The Balaban J connectivity index is 2.70. The smallest absolute Gasteiger partial charge is 0.415 e. The Hall–Kier alpha value is -2.68. The van der Waals surface area contributed by atoms with Crippen LogP contribution in [0, 0.1) is 12.3 Å². The standard InChI is InChI=1S/C16H20N2O4/c1-6-12(4)18(5)16(20)22-14-9-7-8-13(10-14)17-15(19)21-11(2)3/h1,7-12H,2-5H3,(H,17,19). The number of terminal acetylenes is 1. The molecule has 0 bridgehead atoms. The number of nitrogens with zero attached hydrogens (tertiary/aromatic N) is 1. The van der Waals surface area contributed by atoms with Crippen molar-refractivity contribution < 1.29 is 19.1 Å². The summed E-state index contributed by atoms with van der Waals surface area (Å²) in [6.07, 6.45) is 3.89. The van der Waals surface area contributed by atoms with E-state index in [0.29, 0.717) is 11.4 Å². The number of ether oxygens (including phenoxy) is 2. The van der Waals surface area contributed by atoms with Gasteiger partial charge in [-0.15, -0.1) is 6.42 Å². The van der Waals surface area contributed by atoms with E-state index in [1.165, 1.54) is 11.0 Å². The first-order valence-corrected chi connectivity index (χ1v) is 6.82. The molecule has 1 unspecified atom stereocenters. The van der Waals surface area contributed by atoms with Crippen LogP contribution in [0.4, 0.5) is 15.3 Å². The maximum atomic E-state index is 11.9. The fraction of sp³-hybridized carbons (Fsp3) is 0.375. The van der Waals surface area contributed by atoms with Gasteiger partial charge >= 0.3 is 12.2 Å². The molecule has 0 spiro atoms. The predicted octanol–water partition coefficient (Wildman–Crippen LogP) is 3.10. The molecule has 6 heteroatoms. The van der Waals surface area contributed by atoms with Gasteiger partial charge in [-0.05, 0) is 32.9 Å². The molecule has 118 valence electrons. The summed E-state index contributed by atoms with van der Waals surface area (Å²) < 4.78 is 10.2. The molecule has 2 amide bonds. The Kier molecular flexibility index (Phi) is 6.26. The van der Waals surface area contributed by atoms with Gasteiger partial charge in [0, 0.05) is 18.8 Å². The molecular formula is C16H20N2O4. The molecule has 1 aromatic rings.